The lowest BCUT2D eigenvalue weighted by Crippen LogP contribution is -2.46. The molecule has 1 amide bonds. The Hall–Kier alpha value is -1.73. The molecule has 1 fully saturated rings. The summed E-state index contributed by atoms with van der Waals surface area (Å²) < 4.78 is 1.94. The van der Waals surface area contributed by atoms with Gasteiger partial charge in [0, 0.05) is 30.0 Å². The molecule has 2 aromatic rings. The normalized spacial score (nSPS) is 20.5. The van der Waals surface area contributed by atoms with E-state index in [9.17, 15) is 4.79 Å². The highest BCUT2D eigenvalue weighted by Gasteiger charge is 2.32. The summed E-state index contributed by atoms with van der Waals surface area (Å²) in [7, 11) is 0. The van der Waals surface area contributed by atoms with E-state index in [1.165, 1.54) is 11.3 Å². The number of carbonyl (C=O) groups excluding carboxylic acids is 1. The topological polar surface area (TPSA) is 63.1 Å². The van der Waals surface area contributed by atoms with Crippen molar-refractivity contribution < 1.29 is 4.79 Å². The molecule has 2 aromatic heterocycles. The van der Waals surface area contributed by atoms with Crippen LogP contribution in [0.4, 0.5) is 5.13 Å². The Labute approximate surface area is 127 Å². The standard InChI is InChI=1S/C14H19N5OS/c1-11(13(20)17-14-15-6-9-21-14)19-8-2-4-12(19)10-18-7-3-5-16-18/h3,5-7,9,11-12H,2,4,8,10H2,1H3,(H,15,17,20)/t11-,12+/m1/s1. The van der Waals surface area contributed by atoms with Crippen LogP contribution >= 0.6 is 11.3 Å². The van der Waals surface area contributed by atoms with Crippen LogP contribution in [0.15, 0.2) is 30.0 Å². The molecule has 3 heterocycles. The molecule has 6 nitrogen and oxygen atoms in total. The van der Waals surface area contributed by atoms with Crippen molar-refractivity contribution in [3.63, 3.8) is 0 Å². The van der Waals surface area contributed by atoms with Crippen molar-refractivity contribution in [2.45, 2.75) is 38.4 Å². The van der Waals surface area contributed by atoms with Gasteiger partial charge in [0.05, 0.1) is 12.6 Å². The smallest absolute Gasteiger partial charge is 0.243 e. The highest BCUT2D eigenvalue weighted by atomic mass is 32.1. The number of hydrogen-bond donors (Lipinski definition) is 1. The van der Waals surface area contributed by atoms with Crippen LogP contribution in [0, 0.1) is 0 Å². The van der Waals surface area contributed by atoms with Gasteiger partial charge in [0.15, 0.2) is 5.13 Å². The van der Waals surface area contributed by atoms with Gasteiger partial charge < -0.3 is 5.32 Å². The molecule has 1 aliphatic heterocycles. The number of anilines is 1. The van der Waals surface area contributed by atoms with E-state index in [2.05, 4.69) is 20.3 Å². The fourth-order valence-corrected chi connectivity index (χ4v) is 3.37. The quantitative estimate of drug-likeness (QED) is 0.915. The van der Waals surface area contributed by atoms with E-state index >= 15 is 0 Å². The Bertz CT molecular complexity index is 568. The lowest BCUT2D eigenvalue weighted by Gasteiger charge is -2.29. The van der Waals surface area contributed by atoms with Gasteiger partial charge in [-0.05, 0) is 32.4 Å². The van der Waals surface area contributed by atoms with Crippen molar-refractivity contribution in [2.24, 2.45) is 0 Å². The zero-order valence-electron chi connectivity index (χ0n) is 12.0. The lowest BCUT2D eigenvalue weighted by molar-refractivity contribution is -0.121. The van der Waals surface area contributed by atoms with E-state index in [4.69, 9.17) is 0 Å². The van der Waals surface area contributed by atoms with E-state index in [-0.39, 0.29) is 11.9 Å². The lowest BCUT2D eigenvalue weighted by atomic mass is 10.2. The predicted molar refractivity (Wildman–Crippen MR) is 82.2 cm³/mol. The number of nitrogens with one attached hydrogen (secondary N) is 1. The zero-order chi connectivity index (χ0) is 14.7. The molecule has 0 unspecified atom stereocenters. The zero-order valence-corrected chi connectivity index (χ0v) is 12.8. The summed E-state index contributed by atoms with van der Waals surface area (Å²) in [4.78, 5) is 18.7. The fraction of sp³-hybridized carbons (Fsp3) is 0.500. The van der Waals surface area contributed by atoms with Crippen LogP contribution in [0.3, 0.4) is 0 Å². The summed E-state index contributed by atoms with van der Waals surface area (Å²) in [6.07, 6.45) is 7.69. The summed E-state index contributed by atoms with van der Waals surface area (Å²) in [5, 5.41) is 9.66. The molecule has 1 N–H and O–H groups in total. The Balaban J connectivity index is 1.62. The third-order valence-electron chi connectivity index (χ3n) is 3.92. The third-order valence-corrected chi connectivity index (χ3v) is 4.61. The molecule has 0 bridgehead atoms. The van der Waals surface area contributed by atoms with E-state index in [0.29, 0.717) is 11.2 Å². The molecule has 21 heavy (non-hydrogen) atoms. The average Bonchev–Trinajstić information content (AvgIpc) is 3.20. The van der Waals surface area contributed by atoms with E-state index in [0.717, 1.165) is 25.9 Å². The summed E-state index contributed by atoms with van der Waals surface area (Å²) in [6, 6.07) is 2.14. The maximum atomic E-state index is 12.3. The molecule has 0 aromatic carbocycles. The molecular weight excluding hydrogens is 286 g/mol. The van der Waals surface area contributed by atoms with Gasteiger partial charge in [0.25, 0.3) is 0 Å². The SMILES string of the molecule is C[C@H](C(=O)Nc1nccs1)N1CCC[C@H]1Cn1cccn1. The number of aromatic nitrogens is 3. The maximum absolute atomic E-state index is 12.3. The first-order valence-electron chi connectivity index (χ1n) is 7.17. The second-order valence-corrected chi connectivity index (χ2v) is 6.16. The van der Waals surface area contributed by atoms with Gasteiger partial charge in [-0.25, -0.2) is 4.98 Å². The molecule has 3 rings (SSSR count). The first kappa shape index (κ1) is 14.2. The van der Waals surface area contributed by atoms with Gasteiger partial charge in [-0.1, -0.05) is 0 Å². The van der Waals surface area contributed by atoms with Crippen LogP contribution in [0.2, 0.25) is 0 Å². The van der Waals surface area contributed by atoms with Crippen molar-refractivity contribution in [3.8, 4) is 0 Å². The highest BCUT2D eigenvalue weighted by Crippen LogP contribution is 2.22. The van der Waals surface area contributed by atoms with Gasteiger partial charge in [-0.15, -0.1) is 11.3 Å². The summed E-state index contributed by atoms with van der Waals surface area (Å²) in [5.41, 5.74) is 0. The second kappa shape index (κ2) is 6.36. The van der Waals surface area contributed by atoms with Gasteiger partial charge >= 0.3 is 0 Å². The molecule has 7 heteroatoms. The first-order chi connectivity index (χ1) is 10.2. The maximum Gasteiger partial charge on any atom is 0.243 e. The number of rotatable bonds is 5. The second-order valence-electron chi connectivity index (χ2n) is 5.26. The minimum Gasteiger partial charge on any atom is -0.301 e. The molecule has 1 aliphatic rings. The predicted octanol–water partition coefficient (Wildman–Crippen LogP) is 1.83. The Kier molecular flexibility index (Phi) is 4.31. The molecule has 0 radical (unpaired) electrons. The largest absolute Gasteiger partial charge is 0.301 e. The van der Waals surface area contributed by atoms with E-state index < -0.39 is 0 Å². The molecular formula is C14H19N5OS. The number of carbonyl (C=O) groups is 1. The van der Waals surface area contributed by atoms with Crippen LogP contribution < -0.4 is 5.32 Å². The van der Waals surface area contributed by atoms with E-state index in [1.807, 2.05) is 29.2 Å². The Morgan fingerprint density at radius 2 is 2.48 bits per heavy atom. The van der Waals surface area contributed by atoms with Crippen molar-refractivity contribution in [2.75, 3.05) is 11.9 Å². The van der Waals surface area contributed by atoms with Gasteiger partial charge in [-0.3, -0.25) is 14.4 Å². The summed E-state index contributed by atoms with van der Waals surface area (Å²) in [5.74, 6) is 0.0114. The van der Waals surface area contributed by atoms with Crippen molar-refractivity contribution in [1.82, 2.24) is 19.7 Å². The van der Waals surface area contributed by atoms with Crippen molar-refractivity contribution >= 4 is 22.4 Å². The Morgan fingerprint density at radius 1 is 1.57 bits per heavy atom. The molecule has 1 saturated heterocycles. The minimum absolute atomic E-state index is 0.0114. The number of hydrogen-bond acceptors (Lipinski definition) is 5. The van der Waals surface area contributed by atoms with Crippen molar-refractivity contribution in [3.05, 3.63) is 30.0 Å². The molecule has 112 valence electrons. The van der Waals surface area contributed by atoms with Crippen LogP contribution in [0.1, 0.15) is 19.8 Å². The highest BCUT2D eigenvalue weighted by molar-refractivity contribution is 7.13. The Morgan fingerprint density at radius 3 is 3.19 bits per heavy atom. The summed E-state index contributed by atoms with van der Waals surface area (Å²) in [6.45, 7) is 3.75. The van der Waals surface area contributed by atoms with Gasteiger partial charge in [0.2, 0.25) is 5.91 Å². The van der Waals surface area contributed by atoms with Gasteiger partial charge in [0.1, 0.15) is 0 Å². The minimum atomic E-state index is -0.156. The molecule has 0 spiro atoms. The molecule has 0 aliphatic carbocycles. The molecule has 0 saturated carbocycles. The third kappa shape index (κ3) is 3.30. The first-order valence-corrected chi connectivity index (χ1v) is 8.05. The summed E-state index contributed by atoms with van der Waals surface area (Å²) >= 11 is 1.44. The van der Waals surface area contributed by atoms with Crippen molar-refractivity contribution in [1.29, 1.82) is 0 Å². The van der Waals surface area contributed by atoms with Gasteiger partial charge in [-0.2, -0.15) is 5.10 Å². The number of amides is 1. The number of nitrogens with zero attached hydrogens (tertiary/aromatic N) is 4. The van der Waals surface area contributed by atoms with Crippen LogP contribution in [0.25, 0.3) is 0 Å². The fourth-order valence-electron chi connectivity index (χ4n) is 2.83. The van der Waals surface area contributed by atoms with E-state index in [1.54, 1.807) is 12.4 Å². The monoisotopic (exact) mass is 305 g/mol. The average molecular weight is 305 g/mol. The van der Waals surface area contributed by atoms with Crippen LogP contribution in [-0.2, 0) is 11.3 Å². The number of likely N-dealkylation sites (tertiary alicyclic amines) is 1. The molecule has 2 atom stereocenters. The number of thiazole rings is 1. The van der Waals surface area contributed by atoms with Crippen LogP contribution in [0.5, 0.6) is 0 Å². The van der Waals surface area contributed by atoms with Crippen LogP contribution in [-0.4, -0.2) is 44.2 Å².